The van der Waals surface area contributed by atoms with Gasteiger partial charge in [-0.05, 0) is 83.6 Å². The minimum Gasteiger partial charge on any atom is -0.322 e. The molecule has 2 aromatic carbocycles. The number of hydrogen-bond donors (Lipinski definition) is 0. The zero-order valence-electron chi connectivity index (χ0n) is 19.2. The minimum absolute atomic E-state index is 0.311. The SMILES string of the molecule is CC.CC1=C2CCc3cc(C)cc(C)c3N2C(C)N1c1c(C)cc(C)cc1C. The van der Waals surface area contributed by atoms with Crippen molar-refractivity contribution in [3.05, 3.63) is 69.0 Å². The van der Waals surface area contributed by atoms with E-state index in [1.54, 1.807) is 0 Å². The van der Waals surface area contributed by atoms with E-state index in [4.69, 9.17) is 0 Å². The van der Waals surface area contributed by atoms with E-state index in [1.807, 2.05) is 13.8 Å². The van der Waals surface area contributed by atoms with E-state index in [1.165, 1.54) is 56.1 Å². The van der Waals surface area contributed by atoms with Crippen LogP contribution < -0.4 is 9.80 Å². The molecule has 2 heterocycles. The van der Waals surface area contributed by atoms with Crippen LogP contribution in [0.25, 0.3) is 0 Å². The summed E-state index contributed by atoms with van der Waals surface area (Å²) in [5.74, 6) is 0. The van der Waals surface area contributed by atoms with Crippen LogP contribution >= 0.6 is 0 Å². The number of aryl methyl sites for hydroxylation is 6. The second-order valence-corrected chi connectivity index (χ2v) is 8.24. The summed E-state index contributed by atoms with van der Waals surface area (Å²) in [6.07, 6.45) is 2.59. The smallest absolute Gasteiger partial charge is 0.108 e. The fourth-order valence-electron chi connectivity index (χ4n) is 5.30. The Morgan fingerprint density at radius 3 is 1.75 bits per heavy atom. The van der Waals surface area contributed by atoms with Crippen molar-refractivity contribution in [3.63, 3.8) is 0 Å². The van der Waals surface area contributed by atoms with Crippen molar-refractivity contribution in [2.75, 3.05) is 9.80 Å². The lowest BCUT2D eigenvalue weighted by Crippen LogP contribution is -2.40. The first-order chi connectivity index (χ1) is 13.3. The Bertz CT molecular complexity index is 913. The van der Waals surface area contributed by atoms with Crippen molar-refractivity contribution in [1.82, 2.24) is 0 Å². The van der Waals surface area contributed by atoms with E-state index in [0.717, 1.165) is 12.8 Å². The van der Waals surface area contributed by atoms with Crippen LogP contribution in [-0.2, 0) is 6.42 Å². The second kappa shape index (κ2) is 7.66. The highest BCUT2D eigenvalue weighted by molar-refractivity contribution is 5.75. The Morgan fingerprint density at radius 1 is 0.679 bits per heavy atom. The largest absolute Gasteiger partial charge is 0.322 e. The molecule has 0 spiro atoms. The second-order valence-electron chi connectivity index (χ2n) is 8.24. The lowest BCUT2D eigenvalue weighted by atomic mass is 9.94. The van der Waals surface area contributed by atoms with Crippen LogP contribution in [0.2, 0.25) is 0 Å². The fourth-order valence-corrected chi connectivity index (χ4v) is 5.30. The van der Waals surface area contributed by atoms with Gasteiger partial charge in [-0.25, -0.2) is 0 Å². The molecular formula is C26H36N2. The highest BCUT2D eigenvalue weighted by atomic mass is 15.4. The van der Waals surface area contributed by atoms with Crippen molar-refractivity contribution in [2.45, 2.75) is 81.3 Å². The van der Waals surface area contributed by atoms with E-state index < -0.39 is 0 Å². The van der Waals surface area contributed by atoms with Gasteiger partial charge in [0.2, 0.25) is 0 Å². The molecule has 0 bridgehead atoms. The normalized spacial score (nSPS) is 18.0. The van der Waals surface area contributed by atoms with E-state index in [9.17, 15) is 0 Å². The van der Waals surface area contributed by atoms with Gasteiger partial charge in [-0.1, -0.05) is 49.2 Å². The maximum atomic E-state index is 2.60. The Kier molecular flexibility index (Phi) is 5.61. The van der Waals surface area contributed by atoms with Crippen molar-refractivity contribution in [3.8, 4) is 0 Å². The van der Waals surface area contributed by atoms with Gasteiger partial charge in [-0.15, -0.1) is 0 Å². The quantitative estimate of drug-likeness (QED) is 0.523. The number of allylic oxidation sites excluding steroid dienone is 2. The number of hydrogen-bond acceptors (Lipinski definition) is 2. The summed E-state index contributed by atoms with van der Waals surface area (Å²) in [6.45, 7) is 19.8. The van der Waals surface area contributed by atoms with Gasteiger partial charge in [0, 0.05) is 22.8 Å². The topological polar surface area (TPSA) is 6.48 Å². The van der Waals surface area contributed by atoms with Crippen LogP contribution in [0.15, 0.2) is 35.7 Å². The molecule has 0 aromatic heterocycles. The minimum atomic E-state index is 0.311. The molecular weight excluding hydrogens is 340 g/mol. The average molecular weight is 377 g/mol. The maximum Gasteiger partial charge on any atom is 0.108 e. The number of benzene rings is 2. The van der Waals surface area contributed by atoms with Crippen LogP contribution in [0.3, 0.4) is 0 Å². The van der Waals surface area contributed by atoms with E-state index in [-0.39, 0.29) is 0 Å². The number of fused-ring (bicyclic) bond motifs is 3. The van der Waals surface area contributed by atoms with Crippen molar-refractivity contribution < 1.29 is 0 Å². The molecule has 0 radical (unpaired) electrons. The summed E-state index contributed by atoms with van der Waals surface area (Å²) in [4.78, 5) is 5.16. The third kappa shape index (κ3) is 3.13. The maximum absolute atomic E-state index is 2.60. The number of nitrogens with zero attached hydrogens (tertiary/aromatic N) is 2. The first kappa shape index (κ1) is 20.5. The Morgan fingerprint density at radius 2 is 1.18 bits per heavy atom. The molecule has 0 saturated heterocycles. The first-order valence-electron chi connectivity index (χ1n) is 10.8. The molecule has 2 aliphatic rings. The summed E-state index contributed by atoms with van der Waals surface area (Å²) in [6, 6.07) is 9.33. The Balaban J connectivity index is 0.00000109. The molecule has 1 atom stereocenters. The van der Waals surface area contributed by atoms with Crippen molar-refractivity contribution in [2.24, 2.45) is 0 Å². The van der Waals surface area contributed by atoms with Crippen LogP contribution in [-0.4, -0.2) is 6.17 Å². The Hall–Kier alpha value is -2.22. The highest BCUT2D eigenvalue weighted by Crippen LogP contribution is 2.46. The summed E-state index contributed by atoms with van der Waals surface area (Å²) in [7, 11) is 0. The molecule has 0 aliphatic carbocycles. The van der Waals surface area contributed by atoms with Crippen LogP contribution in [0, 0.1) is 34.6 Å². The molecule has 28 heavy (non-hydrogen) atoms. The molecule has 1 unspecified atom stereocenters. The summed E-state index contributed by atoms with van der Waals surface area (Å²) in [5.41, 5.74) is 14.1. The lowest BCUT2D eigenvalue weighted by Gasteiger charge is -2.37. The van der Waals surface area contributed by atoms with E-state index >= 15 is 0 Å². The first-order valence-corrected chi connectivity index (χ1v) is 10.8. The predicted molar refractivity (Wildman–Crippen MR) is 123 cm³/mol. The third-order valence-electron chi connectivity index (χ3n) is 6.09. The van der Waals surface area contributed by atoms with Gasteiger partial charge < -0.3 is 9.80 Å². The third-order valence-corrected chi connectivity index (χ3v) is 6.09. The van der Waals surface area contributed by atoms with Gasteiger partial charge in [0.05, 0.1) is 0 Å². The van der Waals surface area contributed by atoms with E-state index in [0.29, 0.717) is 6.17 Å². The molecule has 2 nitrogen and oxygen atoms in total. The standard InChI is InChI=1S/C24H30N2.C2H6/c1-14-10-16(3)23(17(4)11-14)25-19(6)22-9-8-21-13-15(2)12-18(5)24(21)26(22)20(25)7;1-2/h10-13,20H,8-9H2,1-7H3;1-2H3. The molecule has 150 valence electrons. The van der Waals surface area contributed by atoms with Crippen molar-refractivity contribution in [1.29, 1.82) is 0 Å². The van der Waals surface area contributed by atoms with Gasteiger partial charge >= 0.3 is 0 Å². The van der Waals surface area contributed by atoms with Gasteiger partial charge in [-0.2, -0.15) is 0 Å². The van der Waals surface area contributed by atoms with Gasteiger partial charge in [0.15, 0.2) is 0 Å². The molecule has 0 N–H and O–H groups in total. The summed E-state index contributed by atoms with van der Waals surface area (Å²) in [5, 5.41) is 0. The fraction of sp³-hybridized carbons (Fsp3) is 0.462. The van der Waals surface area contributed by atoms with Crippen LogP contribution in [0.5, 0.6) is 0 Å². The Labute approximate surface area is 171 Å². The number of anilines is 2. The molecule has 2 heteroatoms. The molecule has 0 saturated carbocycles. The van der Waals surface area contributed by atoms with Gasteiger partial charge in [0.25, 0.3) is 0 Å². The highest BCUT2D eigenvalue weighted by Gasteiger charge is 2.39. The zero-order valence-corrected chi connectivity index (χ0v) is 19.2. The lowest BCUT2D eigenvalue weighted by molar-refractivity contribution is 0.692. The van der Waals surface area contributed by atoms with E-state index in [2.05, 4.69) is 82.5 Å². The van der Waals surface area contributed by atoms with Crippen LogP contribution in [0.1, 0.15) is 67.5 Å². The predicted octanol–water partition coefficient (Wildman–Crippen LogP) is 7.11. The molecule has 2 aromatic rings. The van der Waals surface area contributed by atoms with Crippen LogP contribution in [0.4, 0.5) is 11.4 Å². The number of rotatable bonds is 1. The molecule has 0 amide bonds. The summed E-state index contributed by atoms with van der Waals surface area (Å²) >= 11 is 0. The summed E-state index contributed by atoms with van der Waals surface area (Å²) < 4.78 is 0. The molecule has 4 rings (SSSR count). The monoisotopic (exact) mass is 376 g/mol. The zero-order chi connectivity index (χ0) is 20.7. The van der Waals surface area contributed by atoms with Crippen molar-refractivity contribution >= 4 is 11.4 Å². The molecule has 0 fully saturated rings. The van der Waals surface area contributed by atoms with Gasteiger partial charge in [0.1, 0.15) is 6.17 Å². The van der Waals surface area contributed by atoms with Gasteiger partial charge in [-0.3, -0.25) is 0 Å². The molecule has 2 aliphatic heterocycles. The average Bonchev–Trinajstić information content (AvgIpc) is 2.87.